The van der Waals surface area contributed by atoms with Crippen LogP contribution in [-0.4, -0.2) is 90.1 Å². The van der Waals surface area contributed by atoms with E-state index in [4.69, 9.17) is 21.1 Å². The van der Waals surface area contributed by atoms with E-state index in [0.29, 0.717) is 36.5 Å². The molecule has 282 valence electrons. The number of alkyl halides is 3. The maximum absolute atomic E-state index is 12.9. The molecule has 19 heteroatoms. The number of nitrogens with zero attached hydrogens (tertiary/aromatic N) is 4. The number of hydrogen-bond donors (Lipinski definition) is 4. The topological polar surface area (TPSA) is 177 Å². The lowest BCUT2D eigenvalue weighted by Crippen LogP contribution is -2.46. The van der Waals surface area contributed by atoms with Gasteiger partial charge in [0.05, 0.1) is 22.9 Å². The van der Waals surface area contributed by atoms with Crippen LogP contribution in [0.3, 0.4) is 0 Å². The Balaban J connectivity index is 1.17. The van der Waals surface area contributed by atoms with Crippen LogP contribution >= 0.6 is 11.6 Å². The molecule has 4 N–H and O–H groups in total. The van der Waals surface area contributed by atoms with E-state index in [0.717, 1.165) is 12.0 Å². The van der Waals surface area contributed by atoms with E-state index in [1.807, 2.05) is 42.5 Å². The summed E-state index contributed by atoms with van der Waals surface area (Å²) >= 11 is 6.02. The molecule has 0 spiro atoms. The van der Waals surface area contributed by atoms with Gasteiger partial charge in [-0.3, -0.25) is 14.5 Å². The third-order valence-electron chi connectivity index (χ3n) is 8.13. The van der Waals surface area contributed by atoms with Crippen molar-refractivity contribution in [3.63, 3.8) is 0 Å². The first-order valence-corrected chi connectivity index (χ1v) is 18.5. The number of aromatic nitrogens is 3. The zero-order chi connectivity index (χ0) is 37.7. The third-order valence-corrected chi connectivity index (χ3v) is 9.62. The number of carbonyl (C=O) groups is 2. The molecule has 52 heavy (non-hydrogen) atoms. The maximum Gasteiger partial charge on any atom is 0.422 e. The van der Waals surface area contributed by atoms with Crippen LogP contribution in [0.1, 0.15) is 62.4 Å². The third kappa shape index (κ3) is 11.4. The summed E-state index contributed by atoms with van der Waals surface area (Å²) in [5.41, 5.74) is 0.300. The predicted molar refractivity (Wildman–Crippen MR) is 187 cm³/mol. The van der Waals surface area contributed by atoms with Crippen LogP contribution in [0, 0.1) is 0 Å². The number of ether oxygens (including phenoxy) is 2. The van der Waals surface area contributed by atoms with Crippen molar-refractivity contribution < 1.29 is 40.7 Å². The Morgan fingerprint density at radius 1 is 1.00 bits per heavy atom. The van der Waals surface area contributed by atoms with E-state index in [1.54, 1.807) is 12.1 Å². The van der Waals surface area contributed by atoms with Crippen molar-refractivity contribution in [2.24, 2.45) is 0 Å². The molecule has 2 amide bonds. The number of anilines is 3. The molecule has 0 bridgehead atoms. The van der Waals surface area contributed by atoms with E-state index in [1.165, 1.54) is 24.3 Å². The summed E-state index contributed by atoms with van der Waals surface area (Å²) in [5, 5.41) is 9.21. The Morgan fingerprint density at radius 3 is 2.31 bits per heavy atom. The van der Waals surface area contributed by atoms with Crippen molar-refractivity contribution in [2.75, 3.05) is 42.8 Å². The van der Waals surface area contributed by atoms with Gasteiger partial charge in [0.2, 0.25) is 27.8 Å². The smallest absolute Gasteiger partial charge is 0.422 e. The number of likely N-dealkylation sites (tertiary alicyclic amines) is 1. The highest BCUT2D eigenvalue weighted by atomic mass is 35.5. The molecule has 3 aromatic rings. The molecule has 0 radical (unpaired) electrons. The van der Waals surface area contributed by atoms with Crippen molar-refractivity contribution >= 4 is 51.0 Å². The minimum Gasteiger partial charge on any atom is -0.454 e. The predicted octanol–water partition coefficient (Wildman–Crippen LogP) is 4.72. The van der Waals surface area contributed by atoms with E-state index < -0.39 is 52.1 Å². The molecule has 1 aromatic heterocycles. The summed E-state index contributed by atoms with van der Waals surface area (Å²) in [4.78, 5) is 39.7. The summed E-state index contributed by atoms with van der Waals surface area (Å²) in [6.45, 7) is 4.90. The van der Waals surface area contributed by atoms with Gasteiger partial charge < -0.3 is 25.4 Å². The highest BCUT2D eigenvalue weighted by Crippen LogP contribution is 2.48. The molecule has 1 aliphatic heterocycles. The summed E-state index contributed by atoms with van der Waals surface area (Å²) in [5.74, 6) is -1.91. The first-order valence-electron chi connectivity index (χ1n) is 16.5. The van der Waals surface area contributed by atoms with Crippen LogP contribution in [0.4, 0.5) is 30.8 Å². The normalized spacial score (nSPS) is 17.3. The van der Waals surface area contributed by atoms with E-state index in [-0.39, 0.29) is 42.2 Å². The fourth-order valence-corrected chi connectivity index (χ4v) is 6.34. The van der Waals surface area contributed by atoms with Gasteiger partial charge in [-0.05, 0) is 88.4 Å². The number of nitrogens with one attached hydrogen (secondary N) is 4. The van der Waals surface area contributed by atoms with Gasteiger partial charge in [0.25, 0.3) is 5.91 Å². The minimum absolute atomic E-state index is 0.00412. The lowest BCUT2D eigenvalue weighted by molar-refractivity contribution is -0.154. The highest BCUT2D eigenvalue weighted by molar-refractivity contribution is 7.90. The molecule has 1 saturated carbocycles. The zero-order valence-corrected chi connectivity index (χ0v) is 30.3. The average Bonchev–Trinajstić information content (AvgIpc) is 3.67. The minimum atomic E-state index is -4.63. The second-order valence-electron chi connectivity index (χ2n) is 13.5. The Bertz CT molecular complexity index is 1840. The number of benzene rings is 2. The van der Waals surface area contributed by atoms with Crippen molar-refractivity contribution in [3.8, 4) is 6.01 Å². The molecule has 2 aromatic carbocycles. The lowest BCUT2D eigenvalue weighted by atomic mass is 10.1. The van der Waals surface area contributed by atoms with Gasteiger partial charge in [0.1, 0.15) is 6.73 Å². The molecule has 2 aliphatic rings. The molecule has 1 saturated heterocycles. The van der Waals surface area contributed by atoms with Crippen LogP contribution < -0.4 is 25.4 Å². The van der Waals surface area contributed by atoms with Crippen molar-refractivity contribution in [2.45, 2.75) is 69.8 Å². The SMILES string of the molecule is CC(C)(C)OCN1CCC[C@H]1C(=O)NCCS(=O)(=O)NC(=O)c1ccc(Nc2nc(NC3(c4ccc(Cl)cc4)CC3)nc(OCC(F)(F)F)n2)cc1. The van der Waals surface area contributed by atoms with E-state index >= 15 is 0 Å². The highest BCUT2D eigenvalue weighted by Gasteiger charge is 2.45. The molecule has 0 unspecified atom stereocenters. The van der Waals surface area contributed by atoms with Crippen LogP contribution in [-0.2, 0) is 25.1 Å². The van der Waals surface area contributed by atoms with Crippen LogP contribution in [0.15, 0.2) is 48.5 Å². The Hall–Kier alpha value is -4.26. The summed E-state index contributed by atoms with van der Waals surface area (Å²) in [7, 11) is -4.11. The summed E-state index contributed by atoms with van der Waals surface area (Å²) in [6.07, 6.45) is -1.78. The number of halogens is 4. The summed E-state index contributed by atoms with van der Waals surface area (Å²) in [6, 6.07) is 11.7. The second-order valence-corrected chi connectivity index (χ2v) is 15.8. The van der Waals surface area contributed by atoms with Gasteiger partial charge in [0, 0.05) is 29.4 Å². The van der Waals surface area contributed by atoms with Crippen LogP contribution in [0.25, 0.3) is 0 Å². The molecule has 2 fully saturated rings. The first-order chi connectivity index (χ1) is 24.4. The molecule has 5 rings (SSSR count). The van der Waals surface area contributed by atoms with Gasteiger partial charge in [0.15, 0.2) is 6.61 Å². The molecule has 1 atom stereocenters. The largest absolute Gasteiger partial charge is 0.454 e. The van der Waals surface area contributed by atoms with Crippen molar-refractivity contribution in [1.29, 1.82) is 0 Å². The van der Waals surface area contributed by atoms with Crippen molar-refractivity contribution in [3.05, 3.63) is 64.7 Å². The Morgan fingerprint density at radius 2 is 1.67 bits per heavy atom. The standard InChI is InChI=1S/C33H40ClF3N8O6S/c1-31(2,3)51-20-45-17-4-5-25(45)27(47)38-16-18-52(48,49)44-26(46)21-6-12-24(13-7-21)39-28-40-29(42-30(41-28)50-19-33(35,36)37)43-32(14-15-32)22-8-10-23(34)11-9-22/h6-13,25H,4-5,14-20H2,1-3H3,(H,38,47)(H,44,46)(H2,39,40,41,42,43)/t25-/m0/s1. The van der Waals surface area contributed by atoms with Crippen LogP contribution in [0.2, 0.25) is 5.02 Å². The molecular weight excluding hydrogens is 729 g/mol. The van der Waals surface area contributed by atoms with E-state index in [2.05, 4.69) is 30.9 Å². The van der Waals surface area contributed by atoms with Gasteiger partial charge in [-0.15, -0.1) is 0 Å². The molecule has 1 aliphatic carbocycles. The summed E-state index contributed by atoms with van der Waals surface area (Å²) < 4.78 is 76.6. The number of sulfonamides is 1. The number of carbonyl (C=O) groups excluding carboxylic acids is 2. The molecule has 2 heterocycles. The second kappa shape index (κ2) is 15.8. The monoisotopic (exact) mass is 768 g/mol. The molecule has 14 nitrogen and oxygen atoms in total. The van der Waals surface area contributed by atoms with E-state index in [9.17, 15) is 31.2 Å². The van der Waals surface area contributed by atoms with Crippen LogP contribution in [0.5, 0.6) is 6.01 Å². The van der Waals surface area contributed by atoms with Gasteiger partial charge in [-0.2, -0.15) is 28.1 Å². The maximum atomic E-state index is 12.9. The fraction of sp³-hybridized carbons (Fsp3) is 0.485. The Kier molecular flexibility index (Phi) is 11.8. The van der Waals surface area contributed by atoms with Crippen molar-refractivity contribution in [1.82, 2.24) is 29.9 Å². The van der Waals surface area contributed by atoms with Gasteiger partial charge in [-0.25, -0.2) is 13.1 Å². The Labute approximate surface area is 304 Å². The first kappa shape index (κ1) is 39.0. The zero-order valence-electron chi connectivity index (χ0n) is 28.7. The number of hydrogen-bond acceptors (Lipinski definition) is 12. The quantitative estimate of drug-likeness (QED) is 0.168. The van der Waals surface area contributed by atoms with Gasteiger partial charge >= 0.3 is 12.2 Å². The number of amides is 2. The van der Waals surface area contributed by atoms with Gasteiger partial charge in [-0.1, -0.05) is 23.7 Å². The lowest BCUT2D eigenvalue weighted by Gasteiger charge is -2.28. The molecular formula is C33H40ClF3N8O6S. The number of rotatable bonds is 15. The average molecular weight is 769 g/mol. The fourth-order valence-electron chi connectivity index (χ4n) is 5.34.